The molecule has 0 atom stereocenters. The van der Waals surface area contributed by atoms with Crippen LogP contribution >= 0.6 is 11.6 Å². The Morgan fingerprint density at radius 1 is 0.811 bits per heavy atom. The first kappa shape index (κ1) is 24.4. The number of fused-ring (bicyclic) bond motifs is 2. The zero-order chi connectivity index (χ0) is 26.1. The normalized spacial score (nSPS) is 11.4. The molecule has 0 aliphatic heterocycles. The van der Waals surface area contributed by atoms with Crippen LogP contribution in [0.3, 0.4) is 0 Å². The van der Waals surface area contributed by atoms with E-state index in [1.165, 1.54) is 0 Å². The number of hydrogen-bond acceptors (Lipinski definition) is 5. The molecule has 0 N–H and O–H groups in total. The van der Waals surface area contributed by atoms with E-state index in [2.05, 4.69) is 0 Å². The van der Waals surface area contributed by atoms with Crippen molar-refractivity contribution in [2.45, 2.75) is 6.92 Å². The van der Waals surface area contributed by atoms with Crippen molar-refractivity contribution >= 4 is 45.4 Å². The van der Waals surface area contributed by atoms with Crippen LogP contribution in [-0.4, -0.2) is 30.9 Å². The molecule has 4 aromatic carbocycles. The molecule has 0 aliphatic carbocycles. The lowest BCUT2D eigenvalue weighted by atomic mass is 10.1. The van der Waals surface area contributed by atoms with Crippen LogP contribution < -0.4 is 19.8 Å². The molecule has 0 bridgehead atoms. The van der Waals surface area contributed by atoms with Gasteiger partial charge in [-0.1, -0.05) is 35.9 Å². The van der Waals surface area contributed by atoms with Gasteiger partial charge in [0.25, 0.3) is 5.56 Å². The molecule has 0 aliphatic rings. The third-order valence-electron chi connectivity index (χ3n) is 6.31. The van der Waals surface area contributed by atoms with Crippen molar-refractivity contribution < 1.29 is 14.2 Å². The molecule has 37 heavy (non-hydrogen) atoms. The zero-order valence-corrected chi connectivity index (χ0v) is 21.7. The summed E-state index contributed by atoms with van der Waals surface area (Å²) in [4.78, 5) is 18.9. The van der Waals surface area contributed by atoms with Crippen molar-refractivity contribution in [1.82, 2.24) is 9.55 Å². The monoisotopic (exact) mass is 512 g/mol. The first-order chi connectivity index (χ1) is 17.9. The molecule has 7 heteroatoms. The maximum atomic E-state index is 13.9. The largest absolute Gasteiger partial charge is 0.496 e. The summed E-state index contributed by atoms with van der Waals surface area (Å²) in [6.07, 6.45) is 3.64. The molecule has 0 spiro atoms. The summed E-state index contributed by atoms with van der Waals surface area (Å²) in [5.74, 6) is 2.18. The van der Waals surface area contributed by atoms with Crippen molar-refractivity contribution in [3.8, 4) is 22.9 Å². The number of rotatable bonds is 6. The maximum absolute atomic E-state index is 13.9. The average Bonchev–Trinajstić information content (AvgIpc) is 2.91. The Morgan fingerprint density at radius 2 is 1.49 bits per heavy atom. The summed E-state index contributed by atoms with van der Waals surface area (Å²) in [6.45, 7) is 1.92. The minimum Gasteiger partial charge on any atom is -0.496 e. The van der Waals surface area contributed by atoms with Gasteiger partial charge in [0.2, 0.25) is 0 Å². The Hall–Kier alpha value is -4.29. The second kappa shape index (κ2) is 9.99. The van der Waals surface area contributed by atoms with Crippen molar-refractivity contribution in [1.29, 1.82) is 0 Å². The van der Waals surface area contributed by atoms with Gasteiger partial charge < -0.3 is 14.2 Å². The minimum atomic E-state index is -0.167. The lowest BCUT2D eigenvalue weighted by Gasteiger charge is -2.15. The molecule has 186 valence electrons. The molecule has 5 aromatic rings. The van der Waals surface area contributed by atoms with Crippen LogP contribution in [0.1, 0.15) is 17.0 Å². The molecule has 0 fully saturated rings. The van der Waals surface area contributed by atoms with Gasteiger partial charge in [-0.05, 0) is 71.8 Å². The van der Waals surface area contributed by atoms with Crippen LogP contribution in [-0.2, 0) is 0 Å². The molecular formula is C30H25ClN2O4. The Bertz CT molecular complexity index is 1740. The zero-order valence-electron chi connectivity index (χ0n) is 20.9. The summed E-state index contributed by atoms with van der Waals surface area (Å²) in [6, 6.07) is 20.8. The van der Waals surface area contributed by atoms with E-state index in [1.54, 1.807) is 44.1 Å². The molecule has 0 saturated carbocycles. The Morgan fingerprint density at radius 3 is 2.16 bits per heavy atom. The summed E-state index contributed by atoms with van der Waals surface area (Å²) in [5.41, 5.74) is 2.75. The van der Waals surface area contributed by atoms with Crippen LogP contribution in [0.2, 0.25) is 5.02 Å². The number of hydrogen-bond donors (Lipinski definition) is 0. The van der Waals surface area contributed by atoms with Crippen molar-refractivity contribution in [3.63, 3.8) is 0 Å². The van der Waals surface area contributed by atoms with Gasteiger partial charge in [0.05, 0.1) is 37.9 Å². The fraction of sp³-hybridized carbons (Fsp3) is 0.133. The van der Waals surface area contributed by atoms with E-state index in [1.807, 2.05) is 67.6 Å². The fourth-order valence-electron chi connectivity index (χ4n) is 4.45. The molecule has 1 heterocycles. The van der Waals surface area contributed by atoms with Crippen molar-refractivity contribution in [2.75, 3.05) is 21.3 Å². The number of benzene rings is 4. The molecule has 0 amide bonds. The first-order valence-electron chi connectivity index (χ1n) is 11.6. The quantitative estimate of drug-likeness (QED) is 0.237. The Kier molecular flexibility index (Phi) is 6.59. The van der Waals surface area contributed by atoms with Crippen LogP contribution in [0, 0.1) is 6.92 Å². The highest BCUT2D eigenvalue weighted by molar-refractivity contribution is 6.30. The van der Waals surface area contributed by atoms with Gasteiger partial charge >= 0.3 is 0 Å². The molecule has 5 rings (SSSR count). The second-order valence-corrected chi connectivity index (χ2v) is 8.98. The number of methoxy groups -OCH3 is 3. The summed E-state index contributed by atoms with van der Waals surface area (Å²) < 4.78 is 18.1. The number of halogens is 1. The third-order valence-corrected chi connectivity index (χ3v) is 6.54. The van der Waals surface area contributed by atoms with Crippen LogP contribution in [0.25, 0.3) is 39.5 Å². The first-order valence-corrected chi connectivity index (χ1v) is 12.0. The SMILES string of the molecule is COc1cc(OC)c(OC)cc1C=Cc1nc2cc3ccccc3cc2c(=O)n1-c1ccc(Cl)cc1C. The molecular weight excluding hydrogens is 488 g/mol. The van der Waals surface area contributed by atoms with E-state index in [-0.39, 0.29) is 5.56 Å². The Balaban J connectivity index is 1.78. The lowest BCUT2D eigenvalue weighted by molar-refractivity contribution is 0.348. The van der Waals surface area contributed by atoms with Crippen LogP contribution in [0.5, 0.6) is 17.2 Å². The highest BCUT2D eigenvalue weighted by atomic mass is 35.5. The maximum Gasteiger partial charge on any atom is 0.266 e. The van der Waals surface area contributed by atoms with Gasteiger partial charge in [0.1, 0.15) is 11.6 Å². The molecule has 6 nitrogen and oxygen atoms in total. The molecule has 1 aromatic heterocycles. The van der Waals surface area contributed by atoms with E-state index < -0.39 is 0 Å². The number of aromatic nitrogens is 2. The van der Waals surface area contributed by atoms with E-state index in [0.717, 1.165) is 21.9 Å². The van der Waals surface area contributed by atoms with E-state index in [9.17, 15) is 4.79 Å². The summed E-state index contributed by atoms with van der Waals surface area (Å²) in [7, 11) is 4.74. The summed E-state index contributed by atoms with van der Waals surface area (Å²) in [5, 5.41) is 3.13. The van der Waals surface area contributed by atoms with E-state index >= 15 is 0 Å². The van der Waals surface area contributed by atoms with Gasteiger partial charge in [-0.3, -0.25) is 9.36 Å². The molecule has 0 radical (unpaired) electrons. The standard InChI is InChI=1S/C30H25ClN2O4/c1-18-13-22(31)10-11-25(18)33-29(12-9-21-16-27(36-3)28(37-4)17-26(21)35-2)32-24-15-20-8-6-5-7-19(20)14-23(24)30(33)34/h5-17H,1-4H3. The number of aryl methyl sites for hydroxylation is 1. The minimum absolute atomic E-state index is 0.167. The number of ether oxygens (including phenoxy) is 3. The Labute approximate surface area is 219 Å². The lowest BCUT2D eigenvalue weighted by Crippen LogP contribution is -2.23. The topological polar surface area (TPSA) is 62.6 Å². The van der Waals surface area contributed by atoms with E-state index in [4.69, 9.17) is 30.8 Å². The van der Waals surface area contributed by atoms with Gasteiger partial charge in [0, 0.05) is 16.7 Å². The smallest absolute Gasteiger partial charge is 0.266 e. The van der Waals surface area contributed by atoms with Gasteiger partial charge in [-0.25, -0.2) is 4.98 Å². The highest BCUT2D eigenvalue weighted by Crippen LogP contribution is 2.35. The predicted octanol–water partition coefficient (Wildman–Crippen LogP) is 6.70. The highest BCUT2D eigenvalue weighted by Gasteiger charge is 2.15. The van der Waals surface area contributed by atoms with Crippen LogP contribution in [0.15, 0.2) is 71.5 Å². The van der Waals surface area contributed by atoms with Crippen molar-refractivity contribution in [3.05, 3.63) is 99.1 Å². The van der Waals surface area contributed by atoms with Crippen molar-refractivity contribution in [2.24, 2.45) is 0 Å². The second-order valence-electron chi connectivity index (χ2n) is 8.54. The molecule has 0 unspecified atom stereocenters. The third kappa shape index (κ3) is 4.52. The fourth-order valence-corrected chi connectivity index (χ4v) is 4.68. The van der Waals surface area contributed by atoms with E-state index in [0.29, 0.717) is 44.7 Å². The van der Waals surface area contributed by atoms with Gasteiger partial charge in [-0.15, -0.1) is 0 Å². The van der Waals surface area contributed by atoms with Gasteiger partial charge in [0.15, 0.2) is 11.5 Å². The van der Waals surface area contributed by atoms with Gasteiger partial charge in [-0.2, -0.15) is 0 Å². The molecule has 0 saturated heterocycles. The van der Waals surface area contributed by atoms with Crippen LogP contribution in [0.4, 0.5) is 0 Å². The predicted molar refractivity (Wildman–Crippen MR) is 150 cm³/mol. The average molecular weight is 513 g/mol. The summed E-state index contributed by atoms with van der Waals surface area (Å²) >= 11 is 6.22. The number of nitrogens with zero attached hydrogens (tertiary/aromatic N) is 2.